The number of nitrogens with zero attached hydrogens (tertiary/aromatic N) is 8. The number of aromatic hydroxyl groups is 1. The predicted molar refractivity (Wildman–Crippen MR) is 215 cm³/mol. The van der Waals surface area contributed by atoms with E-state index < -0.39 is 34.9 Å². The summed E-state index contributed by atoms with van der Waals surface area (Å²) in [6.45, 7) is 13.1. The lowest BCUT2D eigenvalue weighted by molar-refractivity contribution is -0.136. The van der Waals surface area contributed by atoms with Crippen molar-refractivity contribution in [3.8, 4) is 17.0 Å². The number of amides is 5. The summed E-state index contributed by atoms with van der Waals surface area (Å²) in [4.78, 5) is 64.4. The molecule has 0 saturated carbocycles. The normalized spacial score (nSPS) is 24.7. The Morgan fingerprint density at radius 1 is 0.949 bits per heavy atom. The summed E-state index contributed by atoms with van der Waals surface area (Å²) in [7, 11) is 0. The lowest BCUT2D eigenvalue weighted by Crippen LogP contribution is -2.68. The van der Waals surface area contributed by atoms with Gasteiger partial charge in [0.1, 0.15) is 11.9 Å². The highest BCUT2D eigenvalue weighted by atomic mass is 19.1. The third kappa shape index (κ3) is 7.16. The number of carbonyl (C=O) groups excluding carboxylic acids is 4. The Morgan fingerprint density at radius 3 is 2.51 bits per heavy atom. The third-order valence-electron chi connectivity index (χ3n) is 13.2. The zero-order chi connectivity index (χ0) is 41.3. The molecule has 2 aromatic carbocycles. The highest BCUT2D eigenvalue weighted by Gasteiger charge is 2.45. The second-order valence-electron chi connectivity index (χ2n) is 17.6. The predicted octanol–water partition coefficient (Wildman–Crippen LogP) is 3.63. The van der Waals surface area contributed by atoms with Crippen molar-refractivity contribution in [3.63, 3.8) is 0 Å². The van der Waals surface area contributed by atoms with Gasteiger partial charge in [-0.2, -0.15) is 0 Å². The maximum Gasteiger partial charge on any atom is 0.320 e. The molecule has 0 aliphatic carbocycles. The van der Waals surface area contributed by atoms with Crippen LogP contribution in [0.2, 0.25) is 0 Å². The van der Waals surface area contributed by atoms with Crippen LogP contribution in [0.1, 0.15) is 62.4 Å². The number of fused-ring (bicyclic) bond motifs is 4. The molecule has 3 atom stereocenters. The van der Waals surface area contributed by atoms with Gasteiger partial charge in [0.05, 0.1) is 23.0 Å². The van der Waals surface area contributed by atoms with E-state index in [1.54, 1.807) is 11.0 Å². The fraction of sp³-hybridized carbons (Fsp3) is 0.524. The topological polar surface area (TPSA) is 158 Å². The SMILES string of the molecule is C[C@H]1CN2c3cc(-c4cc(F)cc(F)c4O)nnc3NC[C@H]2CN1C(=O)N1CCN(CC2CCN(c3ccc4c(c3)C(=O)N(C3CCC(=O)NC3=O)C4)CC2)CC1(C)C. The van der Waals surface area contributed by atoms with E-state index in [1.807, 2.05) is 28.9 Å². The van der Waals surface area contributed by atoms with Gasteiger partial charge in [-0.15, -0.1) is 10.2 Å². The molecule has 4 saturated heterocycles. The molecule has 1 unspecified atom stereocenters. The number of urea groups is 1. The summed E-state index contributed by atoms with van der Waals surface area (Å²) in [6, 6.07) is 8.55. The van der Waals surface area contributed by atoms with Crippen molar-refractivity contribution in [2.24, 2.45) is 5.92 Å². The molecule has 6 aliphatic heterocycles. The van der Waals surface area contributed by atoms with E-state index >= 15 is 0 Å². The number of phenols is 1. The molecule has 0 spiro atoms. The maximum atomic E-state index is 14.3. The molecule has 3 N–H and O–H groups in total. The number of rotatable bonds is 5. The van der Waals surface area contributed by atoms with Gasteiger partial charge in [0.25, 0.3) is 5.91 Å². The Bertz CT molecular complexity index is 2220. The van der Waals surface area contributed by atoms with Gasteiger partial charge in [0.2, 0.25) is 11.8 Å². The number of benzene rings is 2. The van der Waals surface area contributed by atoms with Crippen molar-refractivity contribution in [2.45, 2.75) is 76.7 Å². The molecule has 7 heterocycles. The number of hydrogen-bond acceptors (Lipinski definition) is 11. The molecule has 15 nitrogen and oxygen atoms in total. The standard InChI is InChI=1S/C42H50F2N10O5/c1-24-19-52-29(18-45-38-35(52)17-33(47-48-38)31-14-27(43)15-32(44)37(31)56)22-51(24)41(59)54-13-12-49(23-42(54,2)3)20-25-8-10-50(11-9-25)28-5-4-26-21-53(40(58)30(26)16-28)34-6-7-36(55)46-39(34)57/h4-5,14-17,24-25,29,34,56H,6-13,18-23H2,1-3H3,(H,45,48)(H,46,55,57)/t24-,29-,34?/m0/s1. The van der Waals surface area contributed by atoms with Gasteiger partial charge in [-0.25, -0.2) is 13.6 Å². The molecule has 3 aromatic rings. The fourth-order valence-electron chi connectivity index (χ4n) is 10.0. The van der Waals surface area contributed by atoms with Gasteiger partial charge < -0.3 is 34.9 Å². The Kier molecular flexibility index (Phi) is 9.83. The van der Waals surface area contributed by atoms with Crippen LogP contribution in [0.3, 0.4) is 0 Å². The van der Waals surface area contributed by atoms with E-state index in [1.165, 1.54) is 0 Å². The number of anilines is 3. The number of nitrogens with one attached hydrogen (secondary N) is 2. The minimum absolute atomic E-state index is 0.0164. The van der Waals surface area contributed by atoms with Crippen LogP contribution in [0.25, 0.3) is 11.3 Å². The Morgan fingerprint density at radius 2 is 1.75 bits per heavy atom. The molecular weight excluding hydrogens is 763 g/mol. The summed E-state index contributed by atoms with van der Waals surface area (Å²) < 4.78 is 28.3. The van der Waals surface area contributed by atoms with E-state index in [4.69, 9.17) is 0 Å². The summed E-state index contributed by atoms with van der Waals surface area (Å²) in [5.74, 6) is -2.40. The van der Waals surface area contributed by atoms with Crippen LogP contribution in [-0.4, -0.2) is 141 Å². The van der Waals surface area contributed by atoms with Crippen LogP contribution in [0, 0.1) is 17.6 Å². The van der Waals surface area contributed by atoms with Gasteiger partial charge in [-0.3, -0.25) is 24.6 Å². The lowest BCUT2D eigenvalue weighted by atomic mass is 9.93. The van der Waals surface area contributed by atoms with Crippen LogP contribution in [0.15, 0.2) is 36.4 Å². The zero-order valence-electron chi connectivity index (χ0n) is 33.6. The molecule has 0 radical (unpaired) electrons. The van der Waals surface area contributed by atoms with Crippen LogP contribution in [0.5, 0.6) is 5.75 Å². The second kappa shape index (κ2) is 14.9. The summed E-state index contributed by atoms with van der Waals surface area (Å²) in [5.41, 5.74) is 2.93. The summed E-state index contributed by atoms with van der Waals surface area (Å²) in [6.07, 6.45) is 2.61. The van der Waals surface area contributed by atoms with Gasteiger partial charge in [-0.1, -0.05) is 6.07 Å². The summed E-state index contributed by atoms with van der Waals surface area (Å²) in [5, 5.41) is 24.4. The van der Waals surface area contributed by atoms with Crippen molar-refractivity contribution in [2.75, 3.05) is 74.0 Å². The van der Waals surface area contributed by atoms with Crippen molar-refractivity contribution < 1.29 is 33.1 Å². The number of hydrogen-bond donors (Lipinski definition) is 3. The number of piperidine rings is 2. The van der Waals surface area contributed by atoms with E-state index in [-0.39, 0.29) is 47.6 Å². The largest absolute Gasteiger partial charge is 0.504 e. The average Bonchev–Trinajstić information content (AvgIpc) is 3.53. The molecule has 1 aromatic heterocycles. The first-order valence-corrected chi connectivity index (χ1v) is 20.6. The molecule has 4 fully saturated rings. The number of imide groups is 1. The first-order chi connectivity index (χ1) is 28.2. The monoisotopic (exact) mass is 812 g/mol. The van der Waals surface area contributed by atoms with Crippen molar-refractivity contribution >= 4 is 40.9 Å². The van der Waals surface area contributed by atoms with Crippen molar-refractivity contribution in [1.29, 1.82) is 0 Å². The highest BCUT2D eigenvalue weighted by Crippen LogP contribution is 2.39. The Balaban J connectivity index is 0.786. The smallest absolute Gasteiger partial charge is 0.320 e. The molecule has 17 heteroatoms. The van der Waals surface area contributed by atoms with Crippen LogP contribution >= 0.6 is 0 Å². The van der Waals surface area contributed by atoms with Crippen LogP contribution in [-0.2, 0) is 16.1 Å². The number of phenolic OH excluding ortho intramolecular Hbond substituents is 1. The van der Waals surface area contributed by atoms with Gasteiger partial charge in [-0.05, 0) is 75.8 Å². The second-order valence-corrected chi connectivity index (χ2v) is 17.6. The first kappa shape index (κ1) is 38.9. The number of carbonyl (C=O) groups is 4. The minimum atomic E-state index is -1.07. The molecule has 59 heavy (non-hydrogen) atoms. The number of halogens is 2. The van der Waals surface area contributed by atoms with E-state index in [0.717, 1.165) is 62.9 Å². The van der Waals surface area contributed by atoms with E-state index in [2.05, 4.69) is 55.4 Å². The van der Waals surface area contributed by atoms with Gasteiger partial charge in [0.15, 0.2) is 17.4 Å². The minimum Gasteiger partial charge on any atom is -0.504 e. The number of aromatic nitrogens is 2. The van der Waals surface area contributed by atoms with Gasteiger partial charge >= 0.3 is 6.03 Å². The number of piperazine rings is 2. The first-order valence-electron chi connectivity index (χ1n) is 20.6. The highest BCUT2D eigenvalue weighted by molar-refractivity contribution is 6.05. The Labute approximate surface area is 341 Å². The lowest BCUT2D eigenvalue weighted by Gasteiger charge is -2.53. The fourth-order valence-corrected chi connectivity index (χ4v) is 10.0. The van der Waals surface area contributed by atoms with E-state index in [0.29, 0.717) is 68.2 Å². The quantitative estimate of drug-likeness (QED) is 0.324. The molecule has 6 aliphatic rings. The Hall–Kier alpha value is -5.58. The van der Waals surface area contributed by atoms with Crippen molar-refractivity contribution in [3.05, 3.63) is 59.2 Å². The van der Waals surface area contributed by atoms with E-state index in [9.17, 15) is 33.1 Å². The molecule has 5 amide bonds. The molecule has 9 rings (SSSR count). The average molecular weight is 813 g/mol. The van der Waals surface area contributed by atoms with Crippen molar-refractivity contribution in [1.82, 2.24) is 35.1 Å². The summed E-state index contributed by atoms with van der Waals surface area (Å²) >= 11 is 0. The molecule has 0 bridgehead atoms. The van der Waals surface area contributed by atoms with Crippen LogP contribution < -0.4 is 20.4 Å². The molecular formula is C42H50F2N10O5. The van der Waals surface area contributed by atoms with Gasteiger partial charge in [0, 0.05) is 101 Å². The molecule has 312 valence electrons. The zero-order valence-corrected chi connectivity index (χ0v) is 33.6. The van der Waals surface area contributed by atoms with Crippen LogP contribution in [0.4, 0.5) is 30.8 Å². The third-order valence-corrected chi connectivity index (χ3v) is 13.2. The maximum absolute atomic E-state index is 14.3.